The largest absolute Gasteiger partial charge is 0.508 e. The van der Waals surface area contributed by atoms with Crippen LogP contribution < -0.4 is 10.2 Å². The van der Waals surface area contributed by atoms with E-state index in [0.29, 0.717) is 54.5 Å². The highest BCUT2D eigenvalue weighted by atomic mass is 19.1. The second-order valence-electron chi connectivity index (χ2n) is 12.9. The van der Waals surface area contributed by atoms with Crippen LogP contribution in [0.1, 0.15) is 50.4 Å². The number of aromatic nitrogens is 2. The average Bonchev–Trinajstić information content (AvgIpc) is 3.65. The van der Waals surface area contributed by atoms with Crippen molar-refractivity contribution in [3.05, 3.63) is 59.4 Å². The van der Waals surface area contributed by atoms with Crippen molar-refractivity contribution >= 4 is 27.5 Å². The highest BCUT2D eigenvalue weighted by molar-refractivity contribution is 6.03. The van der Waals surface area contributed by atoms with Gasteiger partial charge in [0.25, 0.3) is 0 Å². The lowest BCUT2D eigenvalue weighted by atomic mass is 9.92. The molecule has 4 aromatic rings. The number of nitrogens with zero attached hydrogens (tertiary/aromatic N) is 4. The van der Waals surface area contributed by atoms with Crippen molar-refractivity contribution in [2.24, 2.45) is 0 Å². The smallest absolute Gasteiger partial charge is 0.207 e. The van der Waals surface area contributed by atoms with Gasteiger partial charge in [-0.05, 0) is 84.7 Å². The molecule has 9 heteroatoms. The molecule has 2 N–H and O–H groups in total. The molecule has 3 aromatic carbocycles. The molecule has 0 spiro atoms. The van der Waals surface area contributed by atoms with Crippen molar-refractivity contribution in [1.82, 2.24) is 20.2 Å². The van der Waals surface area contributed by atoms with Gasteiger partial charge in [-0.3, -0.25) is 4.90 Å². The average molecular weight is 598 g/mol. The predicted octanol–water partition coefficient (Wildman–Crippen LogP) is 5.86. The summed E-state index contributed by atoms with van der Waals surface area (Å²) in [5.41, 5.74) is 0.395. The zero-order valence-corrected chi connectivity index (χ0v) is 24.6. The van der Waals surface area contributed by atoms with Gasteiger partial charge in [-0.2, -0.15) is 0 Å². The molecule has 4 unspecified atom stereocenters. The topological polar surface area (TPSA) is 64.5 Å². The van der Waals surface area contributed by atoms with Gasteiger partial charge in [0.2, 0.25) is 5.82 Å². The van der Waals surface area contributed by atoms with Crippen molar-refractivity contribution in [1.29, 1.82) is 0 Å². The zero-order chi connectivity index (χ0) is 30.2. The van der Waals surface area contributed by atoms with E-state index in [1.165, 1.54) is 12.1 Å². The SMILES string of the molecule is CCc1cccc2cc(O)cc(-c3c(F)cc4c(N5CC6CCC(C5)N6)nc(C#CC56CCCN5CC(F)C6)nc4c3F)c12. The van der Waals surface area contributed by atoms with Crippen LogP contribution in [0.15, 0.2) is 36.4 Å². The van der Waals surface area contributed by atoms with Gasteiger partial charge in [-0.15, -0.1) is 0 Å². The molecule has 5 heterocycles. The number of nitrogens with one attached hydrogen (secondary N) is 1. The number of anilines is 1. The minimum absolute atomic E-state index is 0.0115. The first-order valence-electron chi connectivity index (χ1n) is 15.7. The monoisotopic (exact) mass is 597 g/mol. The first-order chi connectivity index (χ1) is 21.3. The molecular formula is C35H34F3N5O. The molecule has 8 rings (SSSR count). The molecule has 4 atom stereocenters. The third-order valence-corrected chi connectivity index (χ3v) is 10.1. The van der Waals surface area contributed by atoms with Gasteiger partial charge in [0, 0.05) is 43.5 Å². The van der Waals surface area contributed by atoms with Crippen LogP contribution >= 0.6 is 0 Å². The lowest BCUT2D eigenvalue weighted by molar-refractivity contribution is 0.255. The first-order valence-corrected chi connectivity index (χ1v) is 15.7. The number of alkyl halides is 1. The van der Waals surface area contributed by atoms with Gasteiger partial charge in [-0.25, -0.2) is 23.1 Å². The van der Waals surface area contributed by atoms with Crippen LogP contribution in [0.3, 0.4) is 0 Å². The lowest BCUT2D eigenvalue weighted by Gasteiger charge is -2.34. The highest BCUT2D eigenvalue weighted by Crippen LogP contribution is 2.42. The Hall–Kier alpha value is -3.87. The Labute approximate surface area is 254 Å². The van der Waals surface area contributed by atoms with Crippen LogP contribution in [-0.2, 0) is 6.42 Å². The van der Waals surface area contributed by atoms with E-state index in [0.717, 1.165) is 37.8 Å². The fourth-order valence-corrected chi connectivity index (χ4v) is 8.14. The molecule has 4 aliphatic rings. The van der Waals surface area contributed by atoms with Gasteiger partial charge in [0.05, 0.1) is 11.1 Å². The summed E-state index contributed by atoms with van der Waals surface area (Å²) in [7, 11) is 0. The molecule has 44 heavy (non-hydrogen) atoms. The number of fused-ring (bicyclic) bond motifs is 5. The van der Waals surface area contributed by atoms with E-state index in [4.69, 9.17) is 4.98 Å². The maximum Gasteiger partial charge on any atom is 0.207 e. The first kappa shape index (κ1) is 27.7. The van der Waals surface area contributed by atoms with Crippen LogP contribution in [0, 0.1) is 23.5 Å². The second kappa shape index (κ2) is 10.4. The number of hydrogen-bond acceptors (Lipinski definition) is 6. The van der Waals surface area contributed by atoms with Crippen molar-refractivity contribution in [2.45, 2.75) is 69.2 Å². The Morgan fingerprint density at radius 1 is 1.09 bits per heavy atom. The second-order valence-corrected chi connectivity index (χ2v) is 12.9. The number of aryl methyl sites for hydroxylation is 1. The molecule has 0 radical (unpaired) electrons. The zero-order valence-electron chi connectivity index (χ0n) is 24.6. The van der Waals surface area contributed by atoms with E-state index in [-0.39, 0.29) is 40.3 Å². The summed E-state index contributed by atoms with van der Waals surface area (Å²) in [6, 6.07) is 10.6. The molecule has 0 saturated carbocycles. The number of phenols is 1. The van der Waals surface area contributed by atoms with E-state index in [2.05, 4.69) is 31.9 Å². The Balaban J connectivity index is 1.35. The number of benzene rings is 3. The van der Waals surface area contributed by atoms with Gasteiger partial charge in [0.15, 0.2) is 5.82 Å². The Morgan fingerprint density at radius 3 is 2.70 bits per heavy atom. The molecule has 0 amide bonds. The maximum absolute atomic E-state index is 16.9. The fourth-order valence-electron chi connectivity index (χ4n) is 8.14. The minimum atomic E-state index is -0.929. The summed E-state index contributed by atoms with van der Waals surface area (Å²) >= 11 is 0. The predicted molar refractivity (Wildman–Crippen MR) is 166 cm³/mol. The summed E-state index contributed by atoms with van der Waals surface area (Å²) in [5.74, 6) is 5.40. The molecule has 0 aliphatic carbocycles. The number of aromatic hydroxyl groups is 1. The number of piperazine rings is 1. The molecule has 226 valence electrons. The Kier molecular flexibility index (Phi) is 6.51. The number of hydrogen-bond donors (Lipinski definition) is 2. The van der Waals surface area contributed by atoms with E-state index in [1.807, 2.05) is 25.1 Å². The molecule has 6 nitrogen and oxygen atoms in total. The Bertz CT molecular complexity index is 1870. The number of rotatable bonds is 3. The molecule has 1 aromatic heterocycles. The molecule has 4 aliphatic heterocycles. The van der Waals surface area contributed by atoms with Gasteiger partial charge in [-0.1, -0.05) is 31.0 Å². The van der Waals surface area contributed by atoms with Crippen molar-refractivity contribution in [2.75, 3.05) is 31.1 Å². The number of halogens is 3. The third kappa shape index (κ3) is 4.41. The summed E-state index contributed by atoms with van der Waals surface area (Å²) in [6.45, 7) is 4.50. The van der Waals surface area contributed by atoms with E-state index >= 15 is 8.78 Å². The van der Waals surface area contributed by atoms with Crippen molar-refractivity contribution in [3.63, 3.8) is 0 Å². The Morgan fingerprint density at radius 2 is 1.91 bits per heavy atom. The standard InChI is InChI=1S/C35H34F3N5O/c1-2-20-5-3-6-21-13-25(44)14-26(30(20)21)31-28(37)15-27-33(32(31)38)40-29(9-11-35-10-4-12-43(35)17-22(36)16-35)41-34(27)42-18-23-7-8-24(19-42)39-23/h3,5-6,13-15,22-24,39,44H,2,4,7-8,10,12,16-19H2,1H3. The highest BCUT2D eigenvalue weighted by Gasteiger charge is 2.47. The van der Waals surface area contributed by atoms with Gasteiger partial charge in [0.1, 0.15) is 29.1 Å². The quantitative estimate of drug-likeness (QED) is 0.289. The molecule has 4 fully saturated rings. The van der Waals surface area contributed by atoms with Gasteiger partial charge >= 0.3 is 0 Å². The minimum Gasteiger partial charge on any atom is -0.508 e. The van der Waals surface area contributed by atoms with E-state index in [1.54, 1.807) is 6.07 Å². The van der Waals surface area contributed by atoms with Crippen LogP contribution in [0.5, 0.6) is 5.75 Å². The summed E-state index contributed by atoms with van der Waals surface area (Å²) in [6.07, 6.45) is 3.87. The number of phenolic OH excluding ortho intramolecular Hbond substituents is 1. The van der Waals surface area contributed by atoms with Crippen molar-refractivity contribution in [3.8, 4) is 28.7 Å². The van der Waals surface area contributed by atoms with Gasteiger partial charge < -0.3 is 15.3 Å². The summed E-state index contributed by atoms with van der Waals surface area (Å²) in [5, 5.41) is 15.9. The maximum atomic E-state index is 16.9. The van der Waals surface area contributed by atoms with E-state index in [9.17, 15) is 9.50 Å². The summed E-state index contributed by atoms with van der Waals surface area (Å²) < 4.78 is 47.5. The van der Waals surface area contributed by atoms with E-state index < -0.39 is 23.3 Å². The third-order valence-electron chi connectivity index (χ3n) is 10.1. The van der Waals surface area contributed by atoms with Crippen molar-refractivity contribution < 1.29 is 18.3 Å². The van der Waals surface area contributed by atoms with Crippen LogP contribution in [0.25, 0.3) is 32.8 Å². The summed E-state index contributed by atoms with van der Waals surface area (Å²) in [4.78, 5) is 13.6. The van der Waals surface area contributed by atoms with Crippen LogP contribution in [0.4, 0.5) is 19.0 Å². The van der Waals surface area contributed by atoms with Crippen LogP contribution in [0.2, 0.25) is 0 Å². The fraction of sp³-hybridized carbons (Fsp3) is 0.429. The molecular weight excluding hydrogens is 563 g/mol. The molecule has 2 bridgehead atoms. The lowest BCUT2D eigenvalue weighted by Crippen LogP contribution is -2.51. The van der Waals surface area contributed by atoms with Crippen LogP contribution in [-0.4, -0.2) is 69.9 Å². The molecule has 4 saturated heterocycles. The normalized spacial score (nSPS) is 26.4.